The molecule has 0 unspecified atom stereocenters. The van der Waals surface area contributed by atoms with Crippen LogP contribution in [-0.4, -0.2) is 25.8 Å². The van der Waals surface area contributed by atoms with Crippen LogP contribution in [0.1, 0.15) is 16.2 Å². The van der Waals surface area contributed by atoms with E-state index in [1.165, 1.54) is 23.7 Å². The minimum Gasteiger partial charge on any atom is -0.337 e. The minimum absolute atomic E-state index is 0. The van der Waals surface area contributed by atoms with Crippen molar-refractivity contribution in [1.29, 1.82) is 0 Å². The molecule has 0 fully saturated rings. The quantitative estimate of drug-likeness (QED) is 0.714. The number of carbonyl (C=O) groups is 1. The third kappa shape index (κ3) is 4.85. The molecule has 126 valence electrons. The predicted molar refractivity (Wildman–Crippen MR) is 98.9 cm³/mol. The van der Waals surface area contributed by atoms with Crippen LogP contribution in [0.2, 0.25) is 0 Å². The summed E-state index contributed by atoms with van der Waals surface area (Å²) in [6.07, 6.45) is 6.29. The number of amides is 1. The molecule has 3 rings (SSSR count). The van der Waals surface area contributed by atoms with Crippen LogP contribution in [0.5, 0.6) is 0 Å². The average molecular weight is 385 g/mol. The van der Waals surface area contributed by atoms with E-state index >= 15 is 0 Å². The molecule has 3 heterocycles. The lowest BCUT2D eigenvalue weighted by Crippen LogP contribution is -2.16. The number of rotatable bonds is 4. The van der Waals surface area contributed by atoms with Gasteiger partial charge in [-0.25, -0.2) is 15.0 Å². The summed E-state index contributed by atoms with van der Waals surface area (Å²) in [5.74, 6) is -0.00452. The molecule has 2 N–H and O–H groups in total. The van der Waals surface area contributed by atoms with E-state index in [9.17, 15) is 4.79 Å². The summed E-state index contributed by atoms with van der Waals surface area (Å²) in [6.45, 7) is 1.86. The van der Waals surface area contributed by atoms with E-state index in [-0.39, 0.29) is 36.4 Å². The van der Waals surface area contributed by atoms with Crippen molar-refractivity contribution < 1.29 is 4.79 Å². The summed E-state index contributed by atoms with van der Waals surface area (Å²) < 4.78 is 0. The maximum Gasteiger partial charge on any atom is 0.279 e. The van der Waals surface area contributed by atoms with Gasteiger partial charge in [-0.15, -0.1) is 36.2 Å². The maximum atomic E-state index is 12.3. The molecule has 24 heavy (non-hydrogen) atoms. The van der Waals surface area contributed by atoms with Crippen LogP contribution >= 0.6 is 36.2 Å². The summed E-state index contributed by atoms with van der Waals surface area (Å²) in [7, 11) is 0. The number of hydrogen-bond acceptors (Lipinski definition) is 7. The van der Waals surface area contributed by atoms with Crippen LogP contribution in [0, 0.1) is 6.92 Å². The second kappa shape index (κ2) is 9.11. The van der Waals surface area contributed by atoms with Crippen molar-refractivity contribution in [2.75, 3.05) is 10.6 Å². The Morgan fingerprint density at radius 1 is 1.17 bits per heavy atom. The van der Waals surface area contributed by atoms with Gasteiger partial charge < -0.3 is 5.32 Å². The molecule has 3 aromatic heterocycles. The number of hydrogen-bond donors (Lipinski definition) is 2. The zero-order valence-corrected chi connectivity index (χ0v) is 14.9. The summed E-state index contributed by atoms with van der Waals surface area (Å²) >= 11 is 1.36. The lowest BCUT2D eigenvalue weighted by atomic mass is 10.3. The first-order valence-electron chi connectivity index (χ1n) is 6.44. The van der Waals surface area contributed by atoms with Gasteiger partial charge in [0, 0.05) is 24.0 Å². The molecule has 10 heteroatoms. The van der Waals surface area contributed by atoms with Gasteiger partial charge in [0.05, 0.1) is 17.6 Å². The number of aromatic nitrogens is 4. The SMILES string of the molecule is Cc1csc(NC(=O)c2nccnc2Nc2cccnc2)n1.Cl.Cl. The van der Waals surface area contributed by atoms with E-state index < -0.39 is 0 Å². The van der Waals surface area contributed by atoms with Gasteiger partial charge in [-0.2, -0.15) is 0 Å². The molecule has 3 aromatic rings. The standard InChI is InChI=1S/C14H12N6OS.2ClH/c1-9-8-22-14(18-9)20-13(21)11-12(17-6-5-16-11)19-10-3-2-4-15-7-10;;/h2-8H,1H3,(H,17,19)(H,18,20,21);2*1H. The largest absolute Gasteiger partial charge is 0.337 e. The Morgan fingerprint density at radius 3 is 2.62 bits per heavy atom. The van der Waals surface area contributed by atoms with Gasteiger partial charge in [-0.3, -0.25) is 15.1 Å². The van der Waals surface area contributed by atoms with Gasteiger partial charge in [-0.1, -0.05) is 0 Å². The van der Waals surface area contributed by atoms with Gasteiger partial charge in [-0.05, 0) is 19.1 Å². The fraction of sp³-hybridized carbons (Fsp3) is 0.0714. The molecule has 0 radical (unpaired) electrons. The number of nitrogens with zero attached hydrogens (tertiary/aromatic N) is 4. The third-order valence-corrected chi connectivity index (χ3v) is 3.55. The Kier molecular flexibility index (Phi) is 7.50. The van der Waals surface area contributed by atoms with Crippen LogP contribution < -0.4 is 10.6 Å². The second-order valence-electron chi connectivity index (χ2n) is 4.37. The molecule has 0 saturated heterocycles. The molecule has 0 aromatic carbocycles. The van der Waals surface area contributed by atoms with E-state index in [1.807, 2.05) is 18.4 Å². The minimum atomic E-state index is -0.367. The van der Waals surface area contributed by atoms with E-state index in [0.29, 0.717) is 10.9 Å². The lowest BCUT2D eigenvalue weighted by molar-refractivity contribution is 0.102. The Hall–Kier alpha value is -2.29. The van der Waals surface area contributed by atoms with Crippen molar-refractivity contribution >= 4 is 58.7 Å². The molecule has 0 aliphatic carbocycles. The zero-order valence-electron chi connectivity index (χ0n) is 12.5. The van der Waals surface area contributed by atoms with Gasteiger partial charge in [0.25, 0.3) is 5.91 Å². The Bertz CT molecular complexity index is 799. The van der Waals surface area contributed by atoms with Gasteiger partial charge in [0.2, 0.25) is 0 Å². The van der Waals surface area contributed by atoms with Crippen molar-refractivity contribution in [3.63, 3.8) is 0 Å². The number of carbonyl (C=O) groups excluding carboxylic acids is 1. The van der Waals surface area contributed by atoms with Gasteiger partial charge in [0.1, 0.15) is 0 Å². The molecule has 0 spiro atoms. The molecule has 0 aliphatic rings. The van der Waals surface area contributed by atoms with Gasteiger partial charge in [0.15, 0.2) is 16.6 Å². The smallest absolute Gasteiger partial charge is 0.279 e. The Labute approximate surface area is 154 Å². The topological polar surface area (TPSA) is 92.7 Å². The molecular formula is C14H14Cl2N6OS. The van der Waals surface area contributed by atoms with Crippen molar-refractivity contribution in [2.45, 2.75) is 6.92 Å². The predicted octanol–water partition coefficient (Wildman–Crippen LogP) is 3.48. The molecule has 0 bridgehead atoms. The van der Waals surface area contributed by atoms with Crippen molar-refractivity contribution in [1.82, 2.24) is 19.9 Å². The van der Waals surface area contributed by atoms with E-state index in [1.54, 1.807) is 18.5 Å². The van der Waals surface area contributed by atoms with Crippen LogP contribution in [0.3, 0.4) is 0 Å². The summed E-state index contributed by atoms with van der Waals surface area (Å²) in [5, 5.41) is 8.14. The Morgan fingerprint density at radius 2 is 1.96 bits per heavy atom. The molecular weight excluding hydrogens is 371 g/mol. The number of nitrogens with one attached hydrogen (secondary N) is 2. The van der Waals surface area contributed by atoms with Crippen molar-refractivity contribution in [3.05, 3.63) is 53.7 Å². The number of halogens is 2. The number of pyridine rings is 1. The lowest BCUT2D eigenvalue weighted by Gasteiger charge is -2.08. The number of aryl methyl sites for hydroxylation is 1. The molecule has 0 atom stereocenters. The Balaban J connectivity index is 0.00000144. The monoisotopic (exact) mass is 384 g/mol. The van der Waals surface area contributed by atoms with E-state index in [0.717, 1.165) is 11.4 Å². The highest BCUT2D eigenvalue weighted by Gasteiger charge is 2.16. The summed E-state index contributed by atoms with van der Waals surface area (Å²) in [6, 6.07) is 3.62. The van der Waals surface area contributed by atoms with Crippen molar-refractivity contribution in [3.8, 4) is 0 Å². The van der Waals surface area contributed by atoms with E-state index in [4.69, 9.17) is 0 Å². The molecule has 7 nitrogen and oxygen atoms in total. The van der Waals surface area contributed by atoms with Crippen molar-refractivity contribution in [2.24, 2.45) is 0 Å². The first-order chi connectivity index (χ1) is 10.7. The number of thiazole rings is 1. The second-order valence-corrected chi connectivity index (χ2v) is 5.23. The highest BCUT2D eigenvalue weighted by molar-refractivity contribution is 7.13. The van der Waals surface area contributed by atoms with Crippen LogP contribution in [-0.2, 0) is 0 Å². The highest BCUT2D eigenvalue weighted by atomic mass is 35.5. The highest BCUT2D eigenvalue weighted by Crippen LogP contribution is 2.19. The molecule has 1 amide bonds. The number of anilines is 3. The zero-order chi connectivity index (χ0) is 15.4. The fourth-order valence-electron chi connectivity index (χ4n) is 1.74. The molecule has 0 aliphatic heterocycles. The summed E-state index contributed by atoms with van der Waals surface area (Å²) in [4.78, 5) is 28.8. The van der Waals surface area contributed by atoms with E-state index in [2.05, 4.69) is 30.6 Å². The van der Waals surface area contributed by atoms with Crippen LogP contribution in [0.4, 0.5) is 16.6 Å². The maximum absolute atomic E-state index is 12.3. The first-order valence-corrected chi connectivity index (χ1v) is 7.32. The fourth-order valence-corrected chi connectivity index (χ4v) is 2.42. The summed E-state index contributed by atoms with van der Waals surface area (Å²) in [5.41, 5.74) is 1.77. The third-order valence-electron chi connectivity index (χ3n) is 2.68. The van der Waals surface area contributed by atoms with Crippen LogP contribution in [0.25, 0.3) is 0 Å². The van der Waals surface area contributed by atoms with Gasteiger partial charge >= 0.3 is 0 Å². The first kappa shape index (κ1) is 19.8. The molecule has 0 saturated carbocycles. The average Bonchev–Trinajstić information content (AvgIpc) is 2.94. The normalized spacial score (nSPS) is 9.38. The van der Waals surface area contributed by atoms with Crippen LogP contribution in [0.15, 0.2) is 42.3 Å².